The number of nitrogens with two attached hydrogens (primary N) is 1. The summed E-state index contributed by atoms with van der Waals surface area (Å²) in [5, 5.41) is 0. The molecule has 0 saturated carbocycles. The summed E-state index contributed by atoms with van der Waals surface area (Å²) in [6, 6.07) is 0. The number of H-pyrrole nitrogens is 1. The molecule has 1 aromatic rings. The van der Waals surface area contributed by atoms with Crippen molar-refractivity contribution in [2.45, 2.75) is 13.5 Å². The SMILES string of the molecule is Cc1cn(C/C=C/CN)c(=O)[nH]c1=O. The zero-order chi connectivity index (χ0) is 10.6. The molecule has 14 heavy (non-hydrogen) atoms. The lowest BCUT2D eigenvalue weighted by Crippen LogP contribution is -2.30. The van der Waals surface area contributed by atoms with Crippen LogP contribution in [0.25, 0.3) is 0 Å². The van der Waals surface area contributed by atoms with Gasteiger partial charge in [0.15, 0.2) is 0 Å². The van der Waals surface area contributed by atoms with Gasteiger partial charge in [0.05, 0.1) is 0 Å². The Kier molecular flexibility index (Phi) is 3.41. The fourth-order valence-electron chi connectivity index (χ4n) is 1.04. The molecule has 0 aliphatic rings. The number of aromatic amines is 1. The van der Waals surface area contributed by atoms with Crippen molar-refractivity contribution in [2.75, 3.05) is 6.54 Å². The van der Waals surface area contributed by atoms with Gasteiger partial charge in [-0.25, -0.2) is 4.79 Å². The van der Waals surface area contributed by atoms with Gasteiger partial charge in [-0.3, -0.25) is 14.3 Å². The molecule has 76 valence electrons. The molecule has 0 bridgehead atoms. The van der Waals surface area contributed by atoms with Crippen molar-refractivity contribution in [2.24, 2.45) is 5.73 Å². The summed E-state index contributed by atoms with van der Waals surface area (Å²) in [6.45, 7) is 2.52. The molecule has 0 radical (unpaired) electrons. The normalized spacial score (nSPS) is 11.0. The number of aromatic nitrogens is 2. The second-order valence-corrected chi connectivity index (χ2v) is 2.93. The summed E-state index contributed by atoms with van der Waals surface area (Å²) in [7, 11) is 0. The maximum Gasteiger partial charge on any atom is 0.328 e. The van der Waals surface area contributed by atoms with Crippen molar-refractivity contribution in [1.29, 1.82) is 0 Å². The molecule has 0 saturated heterocycles. The fourth-order valence-corrected chi connectivity index (χ4v) is 1.04. The smallest absolute Gasteiger partial charge is 0.327 e. The predicted molar refractivity (Wildman–Crippen MR) is 54.3 cm³/mol. The van der Waals surface area contributed by atoms with Gasteiger partial charge in [0.25, 0.3) is 5.56 Å². The lowest BCUT2D eigenvalue weighted by molar-refractivity contribution is 0.727. The van der Waals surface area contributed by atoms with E-state index in [1.54, 1.807) is 19.1 Å². The highest BCUT2D eigenvalue weighted by atomic mass is 16.2. The summed E-state index contributed by atoms with van der Waals surface area (Å²) in [6.07, 6.45) is 5.06. The van der Waals surface area contributed by atoms with Crippen LogP contribution in [0.4, 0.5) is 0 Å². The van der Waals surface area contributed by atoms with Crippen LogP contribution in [0.3, 0.4) is 0 Å². The quantitative estimate of drug-likeness (QED) is 0.629. The molecule has 0 aliphatic heterocycles. The molecule has 0 unspecified atom stereocenters. The number of hydrogen-bond donors (Lipinski definition) is 2. The monoisotopic (exact) mass is 195 g/mol. The second kappa shape index (κ2) is 4.57. The molecule has 3 N–H and O–H groups in total. The van der Waals surface area contributed by atoms with E-state index in [-0.39, 0.29) is 5.56 Å². The van der Waals surface area contributed by atoms with Gasteiger partial charge in [0.1, 0.15) is 0 Å². The van der Waals surface area contributed by atoms with Crippen LogP contribution in [0.5, 0.6) is 0 Å². The van der Waals surface area contributed by atoms with Crippen molar-refractivity contribution in [1.82, 2.24) is 9.55 Å². The van der Waals surface area contributed by atoms with E-state index in [0.29, 0.717) is 18.7 Å². The Morgan fingerprint density at radius 1 is 1.50 bits per heavy atom. The van der Waals surface area contributed by atoms with Crippen LogP contribution in [0.15, 0.2) is 27.9 Å². The van der Waals surface area contributed by atoms with Gasteiger partial charge in [-0.2, -0.15) is 0 Å². The van der Waals surface area contributed by atoms with E-state index < -0.39 is 5.69 Å². The molecule has 0 amide bonds. The van der Waals surface area contributed by atoms with E-state index in [0.717, 1.165) is 0 Å². The highest BCUT2D eigenvalue weighted by molar-refractivity contribution is 5.01. The Bertz CT molecular complexity index is 442. The number of nitrogens with one attached hydrogen (secondary N) is 1. The number of nitrogens with zero attached hydrogens (tertiary/aromatic N) is 1. The van der Waals surface area contributed by atoms with Gasteiger partial charge >= 0.3 is 5.69 Å². The Morgan fingerprint density at radius 2 is 2.21 bits per heavy atom. The zero-order valence-corrected chi connectivity index (χ0v) is 7.99. The van der Waals surface area contributed by atoms with Crippen LogP contribution in [0, 0.1) is 6.92 Å². The molecule has 5 nitrogen and oxygen atoms in total. The molecular weight excluding hydrogens is 182 g/mol. The average Bonchev–Trinajstić information content (AvgIpc) is 2.14. The molecule has 0 spiro atoms. The van der Waals surface area contributed by atoms with Gasteiger partial charge in [-0.05, 0) is 6.92 Å². The Hall–Kier alpha value is -1.62. The third-order valence-corrected chi connectivity index (χ3v) is 1.79. The Morgan fingerprint density at radius 3 is 2.86 bits per heavy atom. The molecule has 0 aliphatic carbocycles. The molecule has 0 aromatic carbocycles. The highest BCUT2D eigenvalue weighted by Crippen LogP contribution is 1.85. The van der Waals surface area contributed by atoms with Crippen molar-refractivity contribution in [3.63, 3.8) is 0 Å². The second-order valence-electron chi connectivity index (χ2n) is 2.93. The maximum absolute atomic E-state index is 11.2. The summed E-state index contributed by atoms with van der Waals surface area (Å²) in [5.41, 5.74) is 5.03. The van der Waals surface area contributed by atoms with Gasteiger partial charge in [0, 0.05) is 24.8 Å². The van der Waals surface area contributed by atoms with Gasteiger partial charge in [-0.1, -0.05) is 12.2 Å². The number of aryl methyl sites for hydroxylation is 1. The molecule has 1 heterocycles. The van der Waals surface area contributed by atoms with E-state index in [9.17, 15) is 9.59 Å². The van der Waals surface area contributed by atoms with Crippen LogP contribution in [-0.2, 0) is 6.54 Å². The van der Waals surface area contributed by atoms with Crippen LogP contribution in [0.2, 0.25) is 0 Å². The largest absolute Gasteiger partial charge is 0.328 e. The minimum atomic E-state index is -0.401. The Labute approximate surface area is 80.9 Å². The van der Waals surface area contributed by atoms with E-state index in [4.69, 9.17) is 5.73 Å². The van der Waals surface area contributed by atoms with E-state index in [1.807, 2.05) is 0 Å². The van der Waals surface area contributed by atoms with Crippen molar-refractivity contribution >= 4 is 0 Å². The minimum Gasteiger partial charge on any atom is -0.327 e. The summed E-state index contributed by atoms with van der Waals surface area (Å²) < 4.78 is 1.42. The zero-order valence-electron chi connectivity index (χ0n) is 7.99. The van der Waals surface area contributed by atoms with E-state index in [2.05, 4.69) is 4.98 Å². The van der Waals surface area contributed by atoms with Gasteiger partial charge < -0.3 is 5.73 Å². The minimum absolute atomic E-state index is 0.339. The number of allylic oxidation sites excluding steroid dienone is 1. The third kappa shape index (κ3) is 2.43. The summed E-state index contributed by atoms with van der Waals surface area (Å²) in [5.74, 6) is 0. The fraction of sp³-hybridized carbons (Fsp3) is 0.333. The predicted octanol–water partition coefficient (Wildman–Crippen LogP) is -0.640. The molecule has 1 rings (SSSR count). The first-order valence-corrected chi connectivity index (χ1v) is 4.30. The van der Waals surface area contributed by atoms with E-state index >= 15 is 0 Å². The third-order valence-electron chi connectivity index (χ3n) is 1.79. The molecular formula is C9H13N3O2. The molecule has 0 fully saturated rings. The molecule has 5 heteroatoms. The van der Waals surface area contributed by atoms with Crippen molar-refractivity contribution in [3.8, 4) is 0 Å². The first-order chi connectivity index (χ1) is 6.65. The average molecular weight is 195 g/mol. The first kappa shape index (κ1) is 10.5. The van der Waals surface area contributed by atoms with Crippen LogP contribution < -0.4 is 17.0 Å². The van der Waals surface area contributed by atoms with E-state index in [1.165, 1.54) is 10.8 Å². The summed E-state index contributed by atoms with van der Waals surface area (Å²) >= 11 is 0. The maximum atomic E-state index is 11.2. The van der Waals surface area contributed by atoms with Gasteiger partial charge in [-0.15, -0.1) is 0 Å². The topological polar surface area (TPSA) is 80.9 Å². The standard InChI is InChI=1S/C9H13N3O2/c1-7-6-12(5-3-2-4-10)9(14)11-8(7)13/h2-3,6H,4-5,10H2,1H3,(H,11,13,14)/b3-2+. The molecule has 1 aromatic heterocycles. The highest BCUT2D eigenvalue weighted by Gasteiger charge is 1.97. The number of rotatable bonds is 3. The first-order valence-electron chi connectivity index (χ1n) is 4.30. The lowest BCUT2D eigenvalue weighted by Gasteiger charge is -2.01. The van der Waals surface area contributed by atoms with Crippen LogP contribution in [0.1, 0.15) is 5.56 Å². The molecule has 0 atom stereocenters. The van der Waals surface area contributed by atoms with Gasteiger partial charge in [0.2, 0.25) is 0 Å². The Balaban J connectivity index is 2.99. The van der Waals surface area contributed by atoms with Crippen molar-refractivity contribution < 1.29 is 0 Å². The van der Waals surface area contributed by atoms with Crippen LogP contribution in [-0.4, -0.2) is 16.1 Å². The number of hydrogen-bond acceptors (Lipinski definition) is 3. The summed E-state index contributed by atoms with van der Waals surface area (Å²) in [4.78, 5) is 24.5. The van der Waals surface area contributed by atoms with Crippen LogP contribution >= 0.6 is 0 Å². The van der Waals surface area contributed by atoms with Crippen molar-refractivity contribution in [3.05, 3.63) is 44.8 Å². The lowest BCUT2D eigenvalue weighted by atomic mass is 10.4.